The third-order valence-electron chi connectivity index (χ3n) is 2.80. The molecule has 0 unspecified atom stereocenters. The summed E-state index contributed by atoms with van der Waals surface area (Å²) in [4.78, 5) is 12.0. The number of carbonyl (C=O) groups excluding carboxylic acids is 1. The van der Waals surface area contributed by atoms with Gasteiger partial charge in [-0.05, 0) is 18.6 Å². The summed E-state index contributed by atoms with van der Waals surface area (Å²) < 4.78 is 12.3. The van der Waals surface area contributed by atoms with Crippen LogP contribution < -0.4 is 14.8 Å². The number of aromatic nitrogens is 2. The Bertz CT molecular complexity index is 693. The van der Waals surface area contributed by atoms with Crippen LogP contribution in [0.3, 0.4) is 0 Å². The topological polar surface area (TPSA) is 73.3 Å². The Balaban J connectivity index is 1.48. The zero-order chi connectivity index (χ0) is 16.1. The highest BCUT2D eigenvalue weighted by Crippen LogP contribution is 2.34. The molecule has 0 spiro atoms. The van der Waals surface area contributed by atoms with Crippen molar-refractivity contribution in [2.75, 3.05) is 23.6 Å². The minimum Gasteiger partial charge on any atom is -0.454 e. The van der Waals surface area contributed by atoms with Gasteiger partial charge in [-0.25, -0.2) is 0 Å². The van der Waals surface area contributed by atoms with Crippen LogP contribution in [0.4, 0.5) is 5.69 Å². The molecule has 0 atom stereocenters. The van der Waals surface area contributed by atoms with Gasteiger partial charge in [-0.2, -0.15) is 0 Å². The molecule has 1 aliphatic heterocycles. The molecule has 0 aliphatic carbocycles. The molecule has 3 rings (SSSR count). The number of carbonyl (C=O) groups is 1. The van der Waals surface area contributed by atoms with Gasteiger partial charge in [0.05, 0.1) is 5.75 Å². The van der Waals surface area contributed by atoms with E-state index >= 15 is 0 Å². The summed E-state index contributed by atoms with van der Waals surface area (Å²) in [7, 11) is 0. The molecular formula is C14H15N3O3S3. The van der Waals surface area contributed by atoms with Crippen LogP contribution >= 0.6 is 34.9 Å². The van der Waals surface area contributed by atoms with Gasteiger partial charge in [-0.3, -0.25) is 4.79 Å². The molecule has 9 heteroatoms. The van der Waals surface area contributed by atoms with Crippen LogP contribution in [0.25, 0.3) is 0 Å². The van der Waals surface area contributed by atoms with E-state index in [1.807, 2.05) is 0 Å². The number of amides is 1. The van der Waals surface area contributed by atoms with Crippen LogP contribution in [-0.4, -0.2) is 34.4 Å². The summed E-state index contributed by atoms with van der Waals surface area (Å²) in [5.41, 5.74) is 0.691. The second-order valence-corrected chi connectivity index (χ2v) is 8.13. The van der Waals surface area contributed by atoms with Gasteiger partial charge in [-0.1, -0.05) is 41.8 Å². The molecule has 122 valence electrons. The molecule has 23 heavy (non-hydrogen) atoms. The number of nitrogens with one attached hydrogen (secondary N) is 1. The Kier molecular flexibility index (Phi) is 5.63. The van der Waals surface area contributed by atoms with Crippen molar-refractivity contribution in [2.45, 2.75) is 22.0 Å². The number of ether oxygens (including phenoxy) is 2. The van der Waals surface area contributed by atoms with E-state index in [4.69, 9.17) is 9.47 Å². The molecule has 0 bridgehead atoms. The standard InChI is InChI=1S/C14H15N3O3S3/c1-2-5-21-13-16-17-14(23-13)22-7-12(18)15-9-3-4-10-11(6-9)20-8-19-10/h3-4,6H,2,5,7-8H2,1H3,(H,15,18). The zero-order valence-corrected chi connectivity index (χ0v) is 14.9. The minimum absolute atomic E-state index is 0.0909. The van der Waals surface area contributed by atoms with Crippen molar-refractivity contribution in [2.24, 2.45) is 0 Å². The maximum absolute atomic E-state index is 12.0. The van der Waals surface area contributed by atoms with Gasteiger partial charge < -0.3 is 14.8 Å². The van der Waals surface area contributed by atoms with E-state index < -0.39 is 0 Å². The fourth-order valence-corrected chi connectivity index (χ4v) is 4.55. The Morgan fingerprint density at radius 3 is 2.87 bits per heavy atom. The van der Waals surface area contributed by atoms with Crippen molar-refractivity contribution in [3.8, 4) is 11.5 Å². The average Bonchev–Trinajstić information content (AvgIpc) is 3.19. The van der Waals surface area contributed by atoms with E-state index in [1.165, 1.54) is 23.1 Å². The lowest BCUT2D eigenvalue weighted by Crippen LogP contribution is -2.13. The van der Waals surface area contributed by atoms with Gasteiger partial charge in [0.15, 0.2) is 20.2 Å². The first-order chi connectivity index (χ1) is 11.2. The molecule has 2 aromatic rings. The first-order valence-corrected chi connectivity index (χ1v) is 9.82. The van der Waals surface area contributed by atoms with Crippen molar-refractivity contribution < 1.29 is 14.3 Å². The minimum atomic E-state index is -0.0909. The summed E-state index contributed by atoms with van der Waals surface area (Å²) >= 11 is 4.61. The normalized spacial score (nSPS) is 12.4. The van der Waals surface area contributed by atoms with E-state index in [0.717, 1.165) is 20.9 Å². The van der Waals surface area contributed by atoms with Crippen LogP contribution in [0.5, 0.6) is 11.5 Å². The molecule has 1 aromatic heterocycles. The number of thioether (sulfide) groups is 2. The highest BCUT2D eigenvalue weighted by molar-refractivity contribution is 8.03. The van der Waals surface area contributed by atoms with E-state index in [9.17, 15) is 4.79 Å². The maximum Gasteiger partial charge on any atom is 0.234 e. The number of fused-ring (bicyclic) bond motifs is 1. The van der Waals surface area contributed by atoms with E-state index in [1.54, 1.807) is 30.0 Å². The van der Waals surface area contributed by atoms with Crippen molar-refractivity contribution in [3.05, 3.63) is 18.2 Å². The maximum atomic E-state index is 12.0. The van der Waals surface area contributed by atoms with Gasteiger partial charge in [0.2, 0.25) is 12.7 Å². The molecule has 0 radical (unpaired) electrons. The predicted octanol–water partition coefficient (Wildman–Crippen LogP) is 3.50. The summed E-state index contributed by atoms with van der Waals surface area (Å²) in [6.45, 7) is 2.35. The van der Waals surface area contributed by atoms with Gasteiger partial charge in [0.1, 0.15) is 0 Å². The number of anilines is 1. The third kappa shape index (κ3) is 4.52. The second kappa shape index (κ2) is 7.89. The lowest BCUT2D eigenvalue weighted by molar-refractivity contribution is -0.113. The summed E-state index contributed by atoms with van der Waals surface area (Å²) in [5.74, 6) is 2.58. The number of benzene rings is 1. The highest BCUT2D eigenvalue weighted by atomic mass is 32.2. The van der Waals surface area contributed by atoms with Gasteiger partial charge in [0, 0.05) is 17.5 Å². The van der Waals surface area contributed by atoms with E-state index in [-0.39, 0.29) is 12.7 Å². The van der Waals surface area contributed by atoms with Crippen LogP contribution in [0, 0.1) is 0 Å². The second-order valence-electron chi connectivity index (χ2n) is 4.59. The predicted molar refractivity (Wildman–Crippen MR) is 92.8 cm³/mol. The lowest BCUT2D eigenvalue weighted by Gasteiger charge is -2.05. The smallest absolute Gasteiger partial charge is 0.234 e. The summed E-state index contributed by atoms with van der Waals surface area (Å²) in [5, 5.41) is 11.0. The molecule has 0 fully saturated rings. The lowest BCUT2D eigenvalue weighted by atomic mass is 10.3. The van der Waals surface area contributed by atoms with Crippen molar-refractivity contribution in [3.63, 3.8) is 0 Å². The molecular weight excluding hydrogens is 354 g/mol. The number of nitrogens with zero attached hydrogens (tertiary/aromatic N) is 2. The number of rotatable bonds is 7. The van der Waals surface area contributed by atoms with Crippen LogP contribution in [0.15, 0.2) is 26.9 Å². The summed E-state index contributed by atoms with van der Waals surface area (Å²) in [6, 6.07) is 5.34. The number of hydrogen-bond acceptors (Lipinski definition) is 8. The van der Waals surface area contributed by atoms with Crippen LogP contribution in [0.1, 0.15) is 13.3 Å². The fraction of sp³-hybridized carbons (Fsp3) is 0.357. The molecule has 1 aromatic carbocycles. The Morgan fingerprint density at radius 1 is 1.26 bits per heavy atom. The van der Waals surface area contributed by atoms with Crippen molar-refractivity contribution in [1.82, 2.24) is 10.2 Å². The average molecular weight is 369 g/mol. The third-order valence-corrected chi connectivity index (χ3v) is 6.20. The Labute approximate surface area is 146 Å². The quantitative estimate of drug-likeness (QED) is 0.749. The molecule has 0 saturated heterocycles. The zero-order valence-electron chi connectivity index (χ0n) is 12.4. The fourth-order valence-electron chi connectivity index (χ4n) is 1.80. The monoisotopic (exact) mass is 369 g/mol. The first kappa shape index (κ1) is 16.4. The van der Waals surface area contributed by atoms with E-state index in [2.05, 4.69) is 22.4 Å². The largest absolute Gasteiger partial charge is 0.454 e. The van der Waals surface area contributed by atoms with Crippen molar-refractivity contribution in [1.29, 1.82) is 0 Å². The first-order valence-electron chi connectivity index (χ1n) is 7.03. The van der Waals surface area contributed by atoms with Gasteiger partial charge in [0.25, 0.3) is 0 Å². The Hall–Kier alpha value is -1.45. The van der Waals surface area contributed by atoms with E-state index in [0.29, 0.717) is 22.9 Å². The van der Waals surface area contributed by atoms with Gasteiger partial charge in [-0.15, -0.1) is 10.2 Å². The van der Waals surface area contributed by atoms with Crippen LogP contribution in [-0.2, 0) is 4.79 Å². The Morgan fingerprint density at radius 2 is 2.04 bits per heavy atom. The summed E-state index contributed by atoms with van der Waals surface area (Å²) in [6.07, 6.45) is 1.10. The molecule has 1 aliphatic rings. The van der Waals surface area contributed by atoms with Gasteiger partial charge >= 0.3 is 0 Å². The van der Waals surface area contributed by atoms with Crippen molar-refractivity contribution >= 4 is 46.5 Å². The SMILES string of the molecule is CCCSc1nnc(SCC(=O)Nc2ccc3c(c2)OCO3)s1. The van der Waals surface area contributed by atoms with Crippen LogP contribution in [0.2, 0.25) is 0 Å². The molecule has 1 amide bonds. The highest BCUT2D eigenvalue weighted by Gasteiger charge is 2.14. The molecule has 1 N–H and O–H groups in total. The molecule has 6 nitrogen and oxygen atoms in total. The number of hydrogen-bond donors (Lipinski definition) is 1. The molecule has 2 heterocycles. The molecule has 0 saturated carbocycles.